The molecule has 1 amide bonds. The van der Waals surface area contributed by atoms with Crippen LogP contribution in [0.3, 0.4) is 0 Å². The fourth-order valence-electron chi connectivity index (χ4n) is 2.64. The molecule has 6 nitrogen and oxygen atoms in total. The Balaban J connectivity index is 2.05. The van der Waals surface area contributed by atoms with Crippen LogP contribution in [0.2, 0.25) is 0 Å². The van der Waals surface area contributed by atoms with Crippen LogP contribution in [-0.2, 0) is 15.9 Å². The molecule has 1 saturated heterocycles. The number of ether oxygens (including phenoxy) is 2. The Morgan fingerprint density at radius 3 is 2.50 bits per heavy atom. The van der Waals surface area contributed by atoms with Crippen LogP contribution in [0.25, 0.3) is 0 Å². The van der Waals surface area contributed by atoms with Gasteiger partial charge in [-0.05, 0) is 44.9 Å². The summed E-state index contributed by atoms with van der Waals surface area (Å²) in [4.78, 5) is 18.7. The molecule has 0 saturated carbocycles. The van der Waals surface area contributed by atoms with Crippen LogP contribution in [0.4, 0.5) is 4.79 Å². The van der Waals surface area contributed by atoms with Gasteiger partial charge >= 0.3 is 6.09 Å². The van der Waals surface area contributed by atoms with Gasteiger partial charge < -0.3 is 9.47 Å². The van der Waals surface area contributed by atoms with Gasteiger partial charge in [-0.15, -0.1) is 0 Å². The first-order chi connectivity index (χ1) is 12.4. The van der Waals surface area contributed by atoms with E-state index in [-0.39, 0.29) is 0 Å². The van der Waals surface area contributed by atoms with Crippen LogP contribution in [-0.4, -0.2) is 55.2 Å². The van der Waals surface area contributed by atoms with E-state index < -0.39 is 11.7 Å². The summed E-state index contributed by atoms with van der Waals surface area (Å²) >= 11 is 0. The lowest BCUT2D eigenvalue weighted by molar-refractivity contribution is 0.0391. The molecule has 0 unspecified atom stereocenters. The zero-order valence-corrected chi connectivity index (χ0v) is 15.8. The lowest BCUT2D eigenvalue weighted by atomic mass is 10.0. The van der Waals surface area contributed by atoms with Gasteiger partial charge in [-0.25, -0.2) is 4.79 Å². The number of nitriles is 1. The molecule has 140 valence electrons. The summed E-state index contributed by atoms with van der Waals surface area (Å²) in [5.74, 6) is 0. The van der Waals surface area contributed by atoms with Gasteiger partial charge in [-0.2, -0.15) is 10.3 Å². The predicted octanol–water partition coefficient (Wildman–Crippen LogP) is 3.20. The third-order valence-corrected chi connectivity index (χ3v) is 3.95. The van der Waals surface area contributed by atoms with Gasteiger partial charge in [-0.1, -0.05) is 12.1 Å². The molecule has 0 radical (unpaired) electrons. The number of rotatable bonds is 5. The molecule has 1 aromatic rings. The second-order valence-corrected chi connectivity index (χ2v) is 7.35. The highest BCUT2D eigenvalue weighted by molar-refractivity contribution is 5.94. The second-order valence-electron chi connectivity index (χ2n) is 7.35. The van der Waals surface area contributed by atoms with Crippen molar-refractivity contribution in [1.82, 2.24) is 4.90 Å². The molecule has 0 N–H and O–H groups in total. The maximum Gasteiger partial charge on any atom is 0.434 e. The van der Waals surface area contributed by atoms with Crippen molar-refractivity contribution in [3.63, 3.8) is 0 Å². The number of amides is 1. The van der Waals surface area contributed by atoms with Crippen molar-refractivity contribution in [2.45, 2.75) is 39.2 Å². The zero-order chi connectivity index (χ0) is 19.0. The van der Waals surface area contributed by atoms with Crippen LogP contribution in [0.5, 0.6) is 0 Å². The quantitative estimate of drug-likeness (QED) is 0.757. The van der Waals surface area contributed by atoms with Crippen molar-refractivity contribution in [3.8, 4) is 6.07 Å². The summed E-state index contributed by atoms with van der Waals surface area (Å²) in [5, 5.41) is 8.92. The van der Waals surface area contributed by atoms with E-state index in [1.807, 2.05) is 32.9 Å². The zero-order valence-electron chi connectivity index (χ0n) is 15.8. The van der Waals surface area contributed by atoms with E-state index in [2.05, 4.69) is 16.0 Å². The molecular formula is C20H27N3O3. The lowest BCUT2D eigenvalue weighted by Crippen LogP contribution is -2.37. The van der Waals surface area contributed by atoms with Crippen molar-refractivity contribution in [1.29, 1.82) is 5.26 Å². The SMILES string of the molecule is CC(C)(C)OC(=O)N=C(CCN1CCOCC1)Cc1ccc(C#N)cc1. The van der Waals surface area contributed by atoms with Gasteiger partial charge in [-0.3, -0.25) is 4.90 Å². The van der Waals surface area contributed by atoms with Crippen molar-refractivity contribution in [3.05, 3.63) is 35.4 Å². The topological polar surface area (TPSA) is 74.9 Å². The highest BCUT2D eigenvalue weighted by Crippen LogP contribution is 2.11. The Labute approximate surface area is 155 Å². The van der Waals surface area contributed by atoms with Crippen LogP contribution in [0, 0.1) is 11.3 Å². The van der Waals surface area contributed by atoms with Crippen molar-refractivity contribution < 1.29 is 14.3 Å². The van der Waals surface area contributed by atoms with Gasteiger partial charge in [0.2, 0.25) is 0 Å². The Morgan fingerprint density at radius 2 is 1.92 bits per heavy atom. The van der Waals surface area contributed by atoms with E-state index in [9.17, 15) is 4.79 Å². The number of benzene rings is 1. The molecule has 1 aliphatic heterocycles. The number of hydrogen-bond acceptors (Lipinski definition) is 5. The molecule has 0 spiro atoms. The maximum absolute atomic E-state index is 12.1. The van der Waals surface area contributed by atoms with Crippen molar-refractivity contribution in [2.24, 2.45) is 4.99 Å². The summed E-state index contributed by atoms with van der Waals surface area (Å²) in [6, 6.07) is 9.47. The number of nitrogens with zero attached hydrogens (tertiary/aromatic N) is 3. The van der Waals surface area contributed by atoms with Crippen LogP contribution < -0.4 is 0 Å². The monoisotopic (exact) mass is 357 g/mol. The number of aliphatic imine (C=N–C) groups is 1. The lowest BCUT2D eigenvalue weighted by Gasteiger charge is -2.26. The molecular weight excluding hydrogens is 330 g/mol. The molecule has 1 heterocycles. The predicted molar refractivity (Wildman–Crippen MR) is 100 cm³/mol. The third kappa shape index (κ3) is 7.34. The minimum absolute atomic E-state index is 0.553. The van der Waals surface area contributed by atoms with Gasteiger partial charge in [0.05, 0.1) is 24.8 Å². The third-order valence-electron chi connectivity index (χ3n) is 3.95. The fourth-order valence-corrected chi connectivity index (χ4v) is 2.64. The standard InChI is InChI=1S/C20H27N3O3/c1-20(2,3)26-19(24)22-18(8-9-23-10-12-25-13-11-23)14-16-4-6-17(15-21)7-5-16/h4-7H,8-14H2,1-3H3. The summed E-state index contributed by atoms with van der Waals surface area (Å²) in [6.45, 7) is 9.61. The largest absolute Gasteiger partial charge is 0.442 e. The molecule has 1 fully saturated rings. The normalized spacial score (nSPS) is 16.2. The van der Waals surface area contributed by atoms with Gasteiger partial charge in [0.25, 0.3) is 0 Å². The van der Waals surface area contributed by atoms with Crippen LogP contribution in [0.1, 0.15) is 38.3 Å². The number of carbonyl (C=O) groups excluding carboxylic acids is 1. The second kappa shape index (κ2) is 9.46. The first-order valence-electron chi connectivity index (χ1n) is 8.94. The molecule has 26 heavy (non-hydrogen) atoms. The summed E-state index contributed by atoms with van der Waals surface area (Å²) < 4.78 is 10.7. The first-order valence-corrected chi connectivity index (χ1v) is 8.94. The Bertz CT molecular complexity index is 663. The van der Waals surface area contributed by atoms with Crippen molar-refractivity contribution >= 4 is 11.8 Å². The van der Waals surface area contributed by atoms with Gasteiger partial charge in [0.1, 0.15) is 5.60 Å². The Morgan fingerprint density at radius 1 is 1.27 bits per heavy atom. The minimum atomic E-state index is -0.565. The molecule has 2 rings (SSSR count). The molecule has 1 aliphatic rings. The summed E-state index contributed by atoms with van der Waals surface area (Å²) in [7, 11) is 0. The van der Waals surface area contributed by atoms with E-state index >= 15 is 0 Å². The average Bonchev–Trinajstić information content (AvgIpc) is 2.59. The summed E-state index contributed by atoms with van der Waals surface area (Å²) in [6.07, 6.45) is 0.706. The fraction of sp³-hybridized carbons (Fsp3) is 0.550. The number of morpholine rings is 1. The average molecular weight is 357 g/mol. The highest BCUT2D eigenvalue weighted by atomic mass is 16.6. The number of hydrogen-bond donors (Lipinski definition) is 0. The smallest absolute Gasteiger partial charge is 0.434 e. The van der Waals surface area contributed by atoms with E-state index in [0.29, 0.717) is 18.4 Å². The first kappa shape index (κ1) is 20.1. The van der Waals surface area contributed by atoms with Gasteiger partial charge in [0.15, 0.2) is 0 Å². The molecule has 0 bridgehead atoms. The molecule has 0 atom stereocenters. The maximum atomic E-state index is 12.1. The van der Waals surface area contributed by atoms with Crippen molar-refractivity contribution in [2.75, 3.05) is 32.8 Å². The molecule has 0 aromatic heterocycles. The van der Waals surface area contributed by atoms with E-state index in [0.717, 1.165) is 44.1 Å². The Hall–Kier alpha value is -2.23. The molecule has 6 heteroatoms. The van der Waals surface area contributed by atoms with E-state index in [1.54, 1.807) is 12.1 Å². The number of carbonyl (C=O) groups is 1. The molecule has 0 aliphatic carbocycles. The summed E-state index contributed by atoms with van der Waals surface area (Å²) in [5.41, 5.74) is 1.86. The van der Waals surface area contributed by atoms with Crippen LogP contribution in [0.15, 0.2) is 29.3 Å². The van der Waals surface area contributed by atoms with E-state index in [4.69, 9.17) is 14.7 Å². The van der Waals surface area contributed by atoms with Crippen LogP contribution >= 0.6 is 0 Å². The highest BCUT2D eigenvalue weighted by Gasteiger charge is 2.17. The van der Waals surface area contributed by atoms with Gasteiger partial charge in [0, 0.05) is 31.8 Å². The molecule has 1 aromatic carbocycles. The minimum Gasteiger partial charge on any atom is -0.442 e. The van der Waals surface area contributed by atoms with E-state index in [1.165, 1.54) is 0 Å². The Kier molecular flexibility index (Phi) is 7.31.